The predicted octanol–water partition coefficient (Wildman–Crippen LogP) is 11.2. The lowest BCUT2D eigenvalue weighted by molar-refractivity contribution is -0.683. The van der Waals surface area contributed by atoms with Gasteiger partial charge in [0.2, 0.25) is 12.3 Å². The van der Waals surface area contributed by atoms with E-state index in [9.17, 15) is 62.3 Å². The molecule has 24 heteroatoms. The highest BCUT2D eigenvalue weighted by atomic mass is 19.2. The SMILES string of the molecule is Fc1c(F)c(F)c([B-](c2c(F)c(F)c(F)c(F)c2F)(c2c(F)c(F)c(F)c(F)c2F)c2c(F)c(F)c(F)c(F)c2F)c(F)c1F.O=C(C[n+]1ccc2ccccc2c1C(=O)c1cccc2ccccc12)c1ccccc1. The maximum Gasteiger partial charge on any atom is 0.261 e. The Morgan fingerprint density at radius 3 is 1.01 bits per heavy atom. The number of rotatable bonds is 9. The average Bonchev–Trinajstić information content (AvgIpc) is 3.43. The van der Waals surface area contributed by atoms with Crippen LogP contribution in [0.25, 0.3) is 21.5 Å². The molecule has 76 heavy (non-hydrogen) atoms. The van der Waals surface area contributed by atoms with Crippen molar-refractivity contribution in [1.82, 2.24) is 0 Å². The summed E-state index contributed by atoms with van der Waals surface area (Å²) in [5.74, 6) is -71.5. The van der Waals surface area contributed by atoms with Gasteiger partial charge in [-0.1, -0.05) is 91.0 Å². The van der Waals surface area contributed by atoms with Crippen molar-refractivity contribution >= 4 is 61.1 Å². The average molecular weight is 1080 g/mol. The molecule has 0 saturated carbocycles. The van der Waals surface area contributed by atoms with E-state index >= 15 is 35.1 Å². The molecule has 0 atom stereocenters. The van der Waals surface area contributed by atoms with E-state index < -0.39 is 144 Å². The lowest BCUT2D eigenvalue weighted by atomic mass is 9.12. The number of hydrogen-bond donors (Lipinski definition) is 0. The van der Waals surface area contributed by atoms with Crippen LogP contribution in [0.4, 0.5) is 87.8 Å². The van der Waals surface area contributed by atoms with Gasteiger partial charge in [0, 0.05) is 17.2 Å². The van der Waals surface area contributed by atoms with Crippen LogP contribution in [-0.4, -0.2) is 17.7 Å². The molecule has 9 aromatic rings. The number of nitrogens with zero attached hydrogens (tertiary/aromatic N) is 1. The first kappa shape index (κ1) is 53.7. The maximum atomic E-state index is 15.4. The number of ketones is 2. The molecule has 0 aliphatic heterocycles. The number of carbonyl (C=O) groups is 2. The van der Waals surface area contributed by atoms with Crippen molar-refractivity contribution in [3.63, 3.8) is 0 Å². The van der Waals surface area contributed by atoms with Crippen molar-refractivity contribution in [1.29, 1.82) is 0 Å². The minimum atomic E-state index is -7.22. The fourth-order valence-corrected chi connectivity index (χ4v) is 8.94. The highest BCUT2D eigenvalue weighted by Crippen LogP contribution is 2.31. The highest BCUT2D eigenvalue weighted by Gasteiger charge is 2.52. The van der Waals surface area contributed by atoms with Crippen LogP contribution in [0.2, 0.25) is 0 Å². The fourth-order valence-electron chi connectivity index (χ4n) is 8.94. The molecule has 0 bridgehead atoms. The van der Waals surface area contributed by atoms with Gasteiger partial charge in [-0.05, 0) is 22.2 Å². The number of benzene rings is 8. The van der Waals surface area contributed by atoms with Crippen molar-refractivity contribution < 1.29 is 102 Å². The third-order valence-electron chi connectivity index (χ3n) is 12.3. The van der Waals surface area contributed by atoms with Gasteiger partial charge in [-0.25, -0.2) is 87.8 Å². The van der Waals surface area contributed by atoms with Gasteiger partial charge in [-0.2, -0.15) is 4.57 Å². The van der Waals surface area contributed by atoms with E-state index in [0.29, 0.717) is 16.8 Å². The van der Waals surface area contributed by atoms with Crippen molar-refractivity contribution in [2.75, 3.05) is 0 Å². The lowest BCUT2D eigenvalue weighted by Crippen LogP contribution is -2.81. The summed E-state index contributed by atoms with van der Waals surface area (Å²) in [6.07, 6.45) is -5.38. The van der Waals surface area contributed by atoms with Crippen molar-refractivity contribution in [3.8, 4) is 0 Å². The number of hydrogen-bond acceptors (Lipinski definition) is 2. The number of aromatic nitrogens is 1. The van der Waals surface area contributed by atoms with E-state index in [1.54, 1.807) is 16.7 Å². The smallest absolute Gasteiger partial charge is 0.261 e. The number of Topliss-reactive ketones (excluding diaryl/α,β-unsaturated/α-hetero) is 1. The first-order valence-electron chi connectivity index (χ1n) is 21.2. The summed E-state index contributed by atoms with van der Waals surface area (Å²) in [5.41, 5.74) is -12.5. The molecule has 9 rings (SSSR count). The van der Waals surface area contributed by atoms with Gasteiger partial charge in [0.05, 0.1) is 5.39 Å². The molecule has 0 aliphatic rings. The summed E-state index contributed by atoms with van der Waals surface area (Å²) in [7, 11) is 0. The third-order valence-corrected chi connectivity index (χ3v) is 12.3. The summed E-state index contributed by atoms with van der Waals surface area (Å²) in [6, 6.07) is 32.6. The lowest BCUT2D eigenvalue weighted by Gasteiger charge is -2.44. The maximum absolute atomic E-state index is 15.4. The van der Waals surface area contributed by atoms with Crippen LogP contribution in [0, 0.1) is 116 Å². The second-order valence-corrected chi connectivity index (χ2v) is 16.3. The van der Waals surface area contributed by atoms with E-state index in [-0.39, 0.29) is 18.1 Å². The van der Waals surface area contributed by atoms with Crippen LogP contribution < -0.4 is 26.4 Å². The predicted molar refractivity (Wildman–Crippen MR) is 232 cm³/mol. The third kappa shape index (κ3) is 8.34. The molecule has 1 heterocycles. The van der Waals surface area contributed by atoms with Crippen LogP contribution in [0.1, 0.15) is 26.4 Å². The molecule has 0 saturated heterocycles. The number of pyridine rings is 1. The standard InChI is InChI=1S/C28H20NO2.C24BF20/c30-26(22-11-2-1-3-12-22)19-29-18-17-21-10-5-7-15-24(21)27(29)28(31)25-16-8-13-20-9-4-6-14-23(20)25;26-5-1(6(27)14(35)21(42)13(5)34)25(2-7(28)15(36)22(43)16(37)8(2)29,3-9(30)17(38)23(44)18(39)10(3)31)4-11(32)19(40)24(45)20(41)12(4)33/h1-18H,19H2;/q+1;-1. The summed E-state index contributed by atoms with van der Waals surface area (Å²) in [6.45, 7) is 0.0979. The van der Waals surface area contributed by atoms with Gasteiger partial charge < -0.3 is 0 Å². The molecule has 0 unspecified atom stereocenters. The van der Waals surface area contributed by atoms with E-state index in [4.69, 9.17) is 0 Å². The monoisotopic (exact) mass is 1080 g/mol. The number of halogens is 20. The second-order valence-electron chi connectivity index (χ2n) is 16.3. The van der Waals surface area contributed by atoms with Crippen molar-refractivity contribution in [3.05, 3.63) is 242 Å². The van der Waals surface area contributed by atoms with E-state index in [1.807, 2.05) is 97.2 Å². The van der Waals surface area contributed by atoms with Gasteiger partial charge in [0.1, 0.15) is 52.7 Å². The zero-order chi connectivity index (χ0) is 55.6. The molecule has 0 aliphatic carbocycles. The number of carbonyl (C=O) groups excluding carboxylic acids is 2. The largest absolute Gasteiger partial charge is 0.287 e. The number of fused-ring (bicyclic) bond motifs is 2. The van der Waals surface area contributed by atoms with E-state index in [2.05, 4.69) is 0 Å². The van der Waals surface area contributed by atoms with Crippen LogP contribution >= 0.6 is 0 Å². The Morgan fingerprint density at radius 2 is 0.632 bits per heavy atom. The Kier molecular flexibility index (Phi) is 14.3. The highest BCUT2D eigenvalue weighted by molar-refractivity contribution is 7.20. The Labute approximate surface area is 411 Å². The second kappa shape index (κ2) is 20.3. The molecule has 0 N–H and O–H groups in total. The van der Waals surface area contributed by atoms with Gasteiger partial charge in [0.25, 0.3) is 11.5 Å². The van der Waals surface area contributed by atoms with Gasteiger partial charge >= 0.3 is 0 Å². The molecule has 3 nitrogen and oxygen atoms in total. The first-order chi connectivity index (χ1) is 35.9. The van der Waals surface area contributed by atoms with E-state index in [1.165, 1.54) is 0 Å². The molecular formula is C52H20BF20NO2. The Hall–Kier alpha value is -8.57. The topological polar surface area (TPSA) is 38.0 Å². The Morgan fingerprint density at radius 1 is 0.329 bits per heavy atom. The first-order valence-corrected chi connectivity index (χ1v) is 21.2. The molecule has 0 amide bonds. The van der Waals surface area contributed by atoms with Crippen LogP contribution in [0.3, 0.4) is 0 Å². The zero-order valence-electron chi connectivity index (χ0n) is 37.0. The van der Waals surface area contributed by atoms with Crippen LogP contribution in [0.15, 0.2) is 109 Å². The van der Waals surface area contributed by atoms with Crippen molar-refractivity contribution in [2.45, 2.75) is 6.54 Å². The minimum Gasteiger partial charge on any atom is -0.287 e. The van der Waals surface area contributed by atoms with Gasteiger partial charge in [-0.3, -0.25) is 9.59 Å². The Balaban J connectivity index is 0.000000215. The van der Waals surface area contributed by atoms with Gasteiger partial charge in [0.15, 0.2) is 76.0 Å². The quantitative estimate of drug-likeness (QED) is 0.0361. The summed E-state index contributed by atoms with van der Waals surface area (Å²) in [4.78, 5) is 26.8. The summed E-state index contributed by atoms with van der Waals surface area (Å²) in [5, 5.41) is 3.72. The van der Waals surface area contributed by atoms with Crippen LogP contribution in [0.5, 0.6) is 0 Å². The van der Waals surface area contributed by atoms with Crippen LogP contribution in [-0.2, 0) is 6.54 Å². The Bertz CT molecular complexity index is 3530. The molecule has 1 aromatic heterocycles. The molecule has 388 valence electrons. The van der Waals surface area contributed by atoms with Gasteiger partial charge in [-0.15, -0.1) is 21.9 Å². The minimum absolute atomic E-state index is 0.0344. The molecule has 0 fully saturated rings. The molecular weight excluding hydrogens is 1060 g/mol. The fraction of sp³-hybridized carbons (Fsp3) is 0.0192. The molecule has 8 aromatic carbocycles. The zero-order valence-corrected chi connectivity index (χ0v) is 37.0. The molecule has 0 spiro atoms. The molecule has 0 radical (unpaired) electrons. The summed E-state index contributed by atoms with van der Waals surface area (Å²) >= 11 is 0. The normalized spacial score (nSPS) is 11.6. The van der Waals surface area contributed by atoms with E-state index in [0.717, 1.165) is 21.5 Å². The summed E-state index contributed by atoms with van der Waals surface area (Å²) < 4.78 is 296. The van der Waals surface area contributed by atoms with Crippen molar-refractivity contribution in [2.24, 2.45) is 0 Å².